The van der Waals surface area contributed by atoms with E-state index in [9.17, 15) is 14.4 Å². The second kappa shape index (κ2) is 9.82. The molecule has 0 fully saturated rings. The van der Waals surface area contributed by atoms with Gasteiger partial charge >= 0.3 is 11.9 Å². The highest BCUT2D eigenvalue weighted by atomic mass is 35.5. The van der Waals surface area contributed by atoms with E-state index in [1.165, 1.54) is 38.5 Å². The van der Waals surface area contributed by atoms with Crippen LogP contribution >= 0.6 is 11.6 Å². The monoisotopic (exact) mass is 443 g/mol. The van der Waals surface area contributed by atoms with Crippen molar-refractivity contribution < 1.29 is 33.0 Å². The van der Waals surface area contributed by atoms with Gasteiger partial charge in [-0.15, -0.1) is 0 Å². The maximum absolute atomic E-state index is 12.6. The smallest absolute Gasteiger partial charge is 0.337 e. The predicted octanol–water partition coefficient (Wildman–Crippen LogP) is 4.34. The number of hydrogen-bond acceptors (Lipinski definition) is 7. The number of amides is 1. The van der Waals surface area contributed by atoms with E-state index in [0.29, 0.717) is 16.5 Å². The van der Waals surface area contributed by atoms with Crippen molar-refractivity contribution in [3.05, 3.63) is 82.3 Å². The third-order valence-electron chi connectivity index (χ3n) is 4.13. The Bertz CT molecular complexity index is 1090. The van der Waals surface area contributed by atoms with Gasteiger partial charge < -0.3 is 23.9 Å². The van der Waals surface area contributed by atoms with Gasteiger partial charge in [-0.05, 0) is 42.5 Å². The zero-order valence-electron chi connectivity index (χ0n) is 16.6. The highest BCUT2D eigenvalue weighted by molar-refractivity contribution is 6.32. The molecule has 0 aliphatic rings. The SMILES string of the molecule is COC(=O)c1cc(NC(=O)c2ccc(COc3ccccc3Cl)o2)cc(C(=O)OC)c1. The van der Waals surface area contributed by atoms with Crippen LogP contribution in [0.15, 0.2) is 59.0 Å². The van der Waals surface area contributed by atoms with Crippen molar-refractivity contribution in [3.63, 3.8) is 0 Å². The molecule has 3 aromatic rings. The minimum atomic E-state index is -0.668. The van der Waals surface area contributed by atoms with Gasteiger partial charge in [0.15, 0.2) is 5.76 Å². The number of rotatable bonds is 7. The molecule has 0 aliphatic heterocycles. The van der Waals surface area contributed by atoms with Gasteiger partial charge in [0.1, 0.15) is 18.1 Å². The van der Waals surface area contributed by atoms with Crippen molar-refractivity contribution in [1.29, 1.82) is 0 Å². The van der Waals surface area contributed by atoms with E-state index in [-0.39, 0.29) is 29.2 Å². The van der Waals surface area contributed by atoms with Crippen molar-refractivity contribution in [2.75, 3.05) is 19.5 Å². The molecule has 0 spiro atoms. The standard InChI is InChI=1S/C22H18ClNO7/c1-28-21(26)13-9-14(22(27)29-2)11-15(10-13)24-20(25)19-8-7-16(31-19)12-30-18-6-4-3-5-17(18)23/h3-11H,12H2,1-2H3,(H,24,25). The van der Waals surface area contributed by atoms with Gasteiger partial charge in [0.25, 0.3) is 5.91 Å². The minimum absolute atomic E-state index is 0.0147. The highest BCUT2D eigenvalue weighted by Gasteiger charge is 2.17. The Morgan fingerprint density at radius 3 is 2.19 bits per heavy atom. The molecule has 160 valence electrons. The largest absolute Gasteiger partial charge is 0.484 e. The van der Waals surface area contributed by atoms with Crippen LogP contribution in [-0.4, -0.2) is 32.1 Å². The van der Waals surface area contributed by atoms with Crippen LogP contribution in [0.25, 0.3) is 0 Å². The number of nitrogens with one attached hydrogen (secondary N) is 1. The molecule has 1 heterocycles. The average molecular weight is 444 g/mol. The lowest BCUT2D eigenvalue weighted by molar-refractivity contribution is 0.0599. The molecule has 9 heteroatoms. The number of carbonyl (C=O) groups excluding carboxylic acids is 3. The third-order valence-corrected chi connectivity index (χ3v) is 4.44. The summed E-state index contributed by atoms with van der Waals surface area (Å²) in [5.74, 6) is -1.01. The van der Waals surface area contributed by atoms with Gasteiger partial charge in [-0.1, -0.05) is 23.7 Å². The summed E-state index contributed by atoms with van der Waals surface area (Å²) in [6, 6.07) is 14.1. The Morgan fingerprint density at radius 1 is 0.935 bits per heavy atom. The van der Waals surface area contributed by atoms with Crippen LogP contribution in [0.5, 0.6) is 5.75 Å². The lowest BCUT2D eigenvalue weighted by Gasteiger charge is -2.09. The van der Waals surface area contributed by atoms with Crippen LogP contribution in [0.3, 0.4) is 0 Å². The first-order chi connectivity index (χ1) is 14.9. The molecule has 2 aromatic carbocycles. The number of para-hydroxylation sites is 1. The molecule has 8 nitrogen and oxygen atoms in total. The molecule has 1 N–H and O–H groups in total. The molecule has 1 aromatic heterocycles. The van der Waals surface area contributed by atoms with Crippen LogP contribution in [0, 0.1) is 0 Å². The van der Waals surface area contributed by atoms with Gasteiger partial charge in [0.05, 0.1) is 30.4 Å². The number of ether oxygens (including phenoxy) is 3. The van der Waals surface area contributed by atoms with Gasteiger partial charge in [0.2, 0.25) is 0 Å². The molecule has 3 rings (SSSR count). The van der Waals surface area contributed by atoms with Gasteiger partial charge in [0, 0.05) is 5.69 Å². The van der Waals surface area contributed by atoms with Crippen LogP contribution in [0.1, 0.15) is 37.0 Å². The molecular weight excluding hydrogens is 426 g/mol. The van der Waals surface area contributed by atoms with Crippen molar-refractivity contribution >= 4 is 35.1 Å². The maximum Gasteiger partial charge on any atom is 0.337 e. The van der Waals surface area contributed by atoms with Crippen molar-refractivity contribution in [1.82, 2.24) is 0 Å². The number of benzene rings is 2. The predicted molar refractivity (Wildman–Crippen MR) is 112 cm³/mol. The number of esters is 2. The fraction of sp³-hybridized carbons (Fsp3) is 0.136. The summed E-state index contributed by atoms with van der Waals surface area (Å²) in [6.07, 6.45) is 0. The minimum Gasteiger partial charge on any atom is -0.484 e. The average Bonchev–Trinajstić information content (AvgIpc) is 3.26. The summed E-state index contributed by atoms with van der Waals surface area (Å²) in [6.45, 7) is 0.0708. The van der Waals surface area contributed by atoms with Crippen molar-refractivity contribution in [2.24, 2.45) is 0 Å². The number of carbonyl (C=O) groups is 3. The second-order valence-electron chi connectivity index (χ2n) is 6.22. The molecule has 0 atom stereocenters. The van der Waals surface area contributed by atoms with E-state index < -0.39 is 17.8 Å². The first-order valence-corrected chi connectivity index (χ1v) is 9.38. The topological polar surface area (TPSA) is 104 Å². The number of hydrogen-bond donors (Lipinski definition) is 1. The fourth-order valence-corrected chi connectivity index (χ4v) is 2.84. The van der Waals surface area contributed by atoms with E-state index >= 15 is 0 Å². The Labute approximate surface area is 182 Å². The molecule has 31 heavy (non-hydrogen) atoms. The van der Waals surface area contributed by atoms with Crippen LogP contribution in [-0.2, 0) is 16.1 Å². The zero-order valence-corrected chi connectivity index (χ0v) is 17.4. The number of furan rings is 1. The summed E-state index contributed by atoms with van der Waals surface area (Å²) >= 11 is 6.04. The van der Waals surface area contributed by atoms with E-state index in [4.69, 9.17) is 20.8 Å². The number of anilines is 1. The molecule has 1 amide bonds. The lowest BCUT2D eigenvalue weighted by atomic mass is 10.1. The van der Waals surface area contributed by atoms with Crippen LogP contribution in [0.2, 0.25) is 5.02 Å². The molecular formula is C22H18ClNO7. The lowest BCUT2D eigenvalue weighted by Crippen LogP contribution is -2.13. The van der Waals surface area contributed by atoms with Gasteiger partial charge in [-0.3, -0.25) is 4.79 Å². The summed E-state index contributed by atoms with van der Waals surface area (Å²) in [5, 5.41) is 3.04. The summed E-state index contributed by atoms with van der Waals surface area (Å²) in [7, 11) is 2.42. The molecule has 0 aliphatic carbocycles. The fourth-order valence-electron chi connectivity index (χ4n) is 2.65. The first-order valence-electron chi connectivity index (χ1n) is 9.00. The highest BCUT2D eigenvalue weighted by Crippen LogP contribution is 2.24. The van der Waals surface area contributed by atoms with Crippen LogP contribution < -0.4 is 10.1 Å². The van der Waals surface area contributed by atoms with Crippen molar-refractivity contribution in [2.45, 2.75) is 6.61 Å². The Balaban J connectivity index is 1.73. The zero-order chi connectivity index (χ0) is 22.4. The van der Waals surface area contributed by atoms with E-state index in [1.54, 1.807) is 30.3 Å². The van der Waals surface area contributed by atoms with Gasteiger partial charge in [-0.2, -0.15) is 0 Å². The van der Waals surface area contributed by atoms with E-state index in [1.807, 2.05) is 0 Å². The molecule has 0 saturated carbocycles. The molecule has 0 radical (unpaired) electrons. The Kier molecular flexibility index (Phi) is 6.94. The maximum atomic E-state index is 12.6. The molecule has 0 saturated heterocycles. The molecule has 0 unspecified atom stereocenters. The Morgan fingerprint density at radius 2 is 1.58 bits per heavy atom. The van der Waals surface area contributed by atoms with E-state index in [2.05, 4.69) is 14.8 Å². The normalized spacial score (nSPS) is 10.3. The number of halogens is 1. The summed E-state index contributed by atoms with van der Waals surface area (Å²) < 4.78 is 20.5. The summed E-state index contributed by atoms with van der Waals surface area (Å²) in [5.41, 5.74) is 0.349. The van der Waals surface area contributed by atoms with Crippen LogP contribution in [0.4, 0.5) is 5.69 Å². The first kappa shape index (κ1) is 21.9. The van der Waals surface area contributed by atoms with Gasteiger partial charge in [-0.25, -0.2) is 9.59 Å². The number of methoxy groups -OCH3 is 2. The quantitative estimate of drug-likeness (QED) is 0.541. The molecule has 0 bridgehead atoms. The van der Waals surface area contributed by atoms with Crippen molar-refractivity contribution in [3.8, 4) is 5.75 Å². The third kappa shape index (κ3) is 5.43. The summed E-state index contributed by atoms with van der Waals surface area (Å²) in [4.78, 5) is 36.3. The second-order valence-corrected chi connectivity index (χ2v) is 6.63. The Hall–Kier alpha value is -3.78. The van der Waals surface area contributed by atoms with E-state index in [0.717, 1.165) is 0 Å².